The summed E-state index contributed by atoms with van der Waals surface area (Å²) in [5.41, 5.74) is 0. The minimum atomic E-state index is 0. The zero-order chi connectivity index (χ0) is 14.4. The molecule has 0 saturated carbocycles. The summed E-state index contributed by atoms with van der Waals surface area (Å²) in [6.07, 6.45) is 2.13. The number of benzene rings is 1. The quantitative estimate of drug-likeness (QED) is 0.901. The lowest BCUT2D eigenvalue weighted by Gasteiger charge is -2.31. The third-order valence-corrected chi connectivity index (χ3v) is 3.89. The molecule has 1 aliphatic rings. The van der Waals surface area contributed by atoms with E-state index < -0.39 is 0 Å². The van der Waals surface area contributed by atoms with Gasteiger partial charge in [-0.1, -0.05) is 11.6 Å². The van der Waals surface area contributed by atoms with Crippen LogP contribution in [0.2, 0.25) is 5.02 Å². The molecular weight excluding hydrogens is 311 g/mol. The number of carbonyl (C=O) groups excluding carboxylic acids is 1. The Balaban J connectivity index is 0.00000220. The van der Waals surface area contributed by atoms with E-state index in [2.05, 4.69) is 5.32 Å². The van der Waals surface area contributed by atoms with E-state index in [1.165, 1.54) is 0 Å². The average Bonchev–Trinajstić information content (AvgIpc) is 2.47. The Kier molecular flexibility index (Phi) is 7.86. The van der Waals surface area contributed by atoms with Gasteiger partial charge in [-0.25, -0.2) is 0 Å². The van der Waals surface area contributed by atoms with Crippen LogP contribution in [0.25, 0.3) is 0 Å². The number of hydrogen-bond acceptors (Lipinski definition) is 3. The van der Waals surface area contributed by atoms with Crippen molar-refractivity contribution in [1.82, 2.24) is 10.2 Å². The molecule has 21 heavy (non-hydrogen) atoms. The van der Waals surface area contributed by atoms with E-state index in [4.69, 9.17) is 16.3 Å². The number of hydrogen-bond donors (Lipinski definition) is 1. The largest absolute Gasteiger partial charge is 0.484 e. The van der Waals surface area contributed by atoms with E-state index >= 15 is 0 Å². The summed E-state index contributed by atoms with van der Waals surface area (Å²) in [7, 11) is 1.97. The molecule has 6 heteroatoms. The highest BCUT2D eigenvalue weighted by Crippen LogP contribution is 2.18. The van der Waals surface area contributed by atoms with Gasteiger partial charge in [0.05, 0.1) is 0 Å². The van der Waals surface area contributed by atoms with Crippen molar-refractivity contribution >= 4 is 29.9 Å². The molecule has 1 heterocycles. The highest BCUT2D eigenvalue weighted by Gasteiger charge is 2.22. The molecule has 4 nitrogen and oxygen atoms in total. The monoisotopic (exact) mass is 332 g/mol. The first-order valence-corrected chi connectivity index (χ1v) is 7.37. The van der Waals surface area contributed by atoms with Gasteiger partial charge in [-0.15, -0.1) is 12.4 Å². The van der Waals surface area contributed by atoms with Crippen molar-refractivity contribution < 1.29 is 9.53 Å². The molecule has 118 valence electrons. The summed E-state index contributed by atoms with van der Waals surface area (Å²) >= 11 is 5.80. The molecule has 0 atom stereocenters. The van der Waals surface area contributed by atoms with E-state index in [1.54, 1.807) is 24.3 Å². The van der Waals surface area contributed by atoms with E-state index in [0.29, 0.717) is 16.7 Å². The fourth-order valence-electron chi connectivity index (χ4n) is 2.44. The zero-order valence-corrected chi connectivity index (χ0v) is 13.8. The number of carbonyl (C=O) groups is 1. The van der Waals surface area contributed by atoms with Crippen LogP contribution in [0.3, 0.4) is 0 Å². The topological polar surface area (TPSA) is 41.6 Å². The first kappa shape index (κ1) is 18.1. The fraction of sp³-hybridized carbons (Fsp3) is 0.533. The molecule has 0 spiro atoms. The molecule has 1 N–H and O–H groups in total. The number of amides is 1. The predicted molar refractivity (Wildman–Crippen MR) is 87.4 cm³/mol. The standard InChI is InChI=1S/C15H21ClN2O2.ClH/c1-17-10-12-6-8-18(9-7-12)15(19)11-20-14-4-2-13(16)3-5-14;/h2-5,12,17H,6-11H2,1H3;1H. The second-order valence-electron chi connectivity index (χ2n) is 5.12. The maximum absolute atomic E-state index is 12.1. The smallest absolute Gasteiger partial charge is 0.260 e. The molecule has 0 aliphatic carbocycles. The third kappa shape index (κ3) is 5.73. The summed E-state index contributed by atoms with van der Waals surface area (Å²) in [6.45, 7) is 2.78. The van der Waals surface area contributed by atoms with Crippen molar-refractivity contribution in [2.24, 2.45) is 5.92 Å². The number of nitrogens with zero attached hydrogens (tertiary/aromatic N) is 1. The lowest BCUT2D eigenvalue weighted by Crippen LogP contribution is -2.42. The molecule has 0 radical (unpaired) electrons. The van der Waals surface area contributed by atoms with Crippen LogP contribution in [-0.4, -0.2) is 44.1 Å². The van der Waals surface area contributed by atoms with Gasteiger partial charge < -0.3 is 15.0 Å². The lowest BCUT2D eigenvalue weighted by molar-refractivity contribution is -0.134. The summed E-state index contributed by atoms with van der Waals surface area (Å²) < 4.78 is 5.49. The van der Waals surface area contributed by atoms with Gasteiger partial charge in [-0.2, -0.15) is 0 Å². The zero-order valence-electron chi connectivity index (χ0n) is 12.2. The summed E-state index contributed by atoms with van der Waals surface area (Å²) in [5, 5.41) is 3.86. The fourth-order valence-corrected chi connectivity index (χ4v) is 2.57. The molecular formula is C15H22Cl2N2O2. The van der Waals surface area contributed by atoms with E-state index in [-0.39, 0.29) is 24.9 Å². The normalized spacial score (nSPS) is 15.4. The second kappa shape index (κ2) is 9.13. The first-order chi connectivity index (χ1) is 9.69. The lowest BCUT2D eigenvalue weighted by atomic mass is 9.97. The van der Waals surface area contributed by atoms with Crippen molar-refractivity contribution in [3.8, 4) is 5.75 Å². The Bertz CT molecular complexity index is 432. The Morgan fingerprint density at radius 2 is 1.95 bits per heavy atom. The Hall–Kier alpha value is -0.970. The van der Waals surface area contributed by atoms with Crippen LogP contribution in [0, 0.1) is 5.92 Å². The minimum absolute atomic E-state index is 0. The second-order valence-corrected chi connectivity index (χ2v) is 5.56. The van der Waals surface area contributed by atoms with Crippen molar-refractivity contribution in [3.05, 3.63) is 29.3 Å². The van der Waals surface area contributed by atoms with Crippen LogP contribution < -0.4 is 10.1 Å². The van der Waals surface area contributed by atoms with Crippen molar-refractivity contribution in [2.75, 3.05) is 33.3 Å². The van der Waals surface area contributed by atoms with Crippen LogP contribution in [0.5, 0.6) is 5.75 Å². The van der Waals surface area contributed by atoms with Gasteiger partial charge in [0.15, 0.2) is 6.61 Å². The molecule has 0 aromatic heterocycles. The molecule has 1 amide bonds. The molecule has 1 fully saturated rings. The van der Waals surface area contributed by atoms with Gasteiger partial charge in [-0.05, 0) is 56.6 Å². The Labute approximate surface area is 137 Å². The van der Waals surface area contributed by atoms with Crippen molar-refractivity contribution in [2.45, 2.75) is 12.8 Å². The number of ether oxygens (including phenoxy) is 1. The summed E-state index contributed by atoms with van der Waals surface area (Å²) in [5.74, 6) is 1.41. The first-order valence-electron chi connectivity index (χ1n) is 7.00. The third-order valence-electron chi connectivity index (χ3n) is 3.64. The highest BCUT2D eigenvalue weighted by atomic mass is 35.5. The van der Waals surface area contributed by atoms with Crippen molar-refractivity contribution in [1.29, 1.82) is 0 Å². The molecule has 0 unspecified atom stereocenters. The van der Waals surface area contributed by atoms with Crippen molar-refractivity contribution in [3.63, 3.8) is 0 Å². The molecule has 2 rings (SSSR count). The SMILES string of the molecule is CNCC1CCN(C(=O)COc2ccc(Cl)cc2)CC1.Cl. The van der Waals surface area contributed by atoms with Gasteiger partial charge in [0.1, 0.15) is 5.75 Å². The van der Waals surface area contributed by atoms with Crippen LogP contribution in [-0.2, 0) is 4.79 Å². The van der Waals surface area contributed by atoms with Crippen LogP contribution >= 0.6 is 24.0 Å². The predicted octanol–water partition coefficient (Wildman–Crippen LogP) is 2.60. The van der Waals surface area contributed by atoms with E-state index in [1.807, 2.05) is 11.9 Å². The molecule has 1 aromatic carbocycles. The molecule has 1 aliphatic heterocycles. The van der Waals surface area contributed by atoms with Gasteiger partial charge in [0.2, 0.25) is 0 Å². The Morgan fingerprint density at radius 1 is 1.33 bits per heavy atom. The summed E-state index contributed by atoms with van der Waals surface area (Å²) in [6, 6.07) is 7.05. The maximum atomic E-state index is 12.1. The Morgan fingerprint density at radius 3 is 2.52 bits per heavy atom. The highest BCUT2D eigenvalue weighted by molar-refractivity contribution is 6.30. The number of nitrogens with one attached hydrogen (secondary N) is 1. The maximum Gasteiger partial charge on any atom is 0.260 e. The van der Waals surface area contributed by atoms with E-state index in [0.717, 1.165) is 32.5 Å². The number of halogens is 2. The molecule has 1 aromatic rings. The van der Waals surface area contributed by atoms with Gasteiger partial charge >= 0.3 is 0 Å². The summed E-state index contributed by atoms with van der Waals surface area (Å²) in [4.78, 5) is 14.0. The van der Waals surface area contributed by atoms with Crippen LogP contribution in [0.1, 0.15) is 12.8 Å². The van der Waals surface area contributed by atoms with Gasteiger partial charge in [0, 0.05) is 18.1 Å². The van der Waals surface area contributed by atoms with Gasteiger partial charge in [-0.3, -0.25) is 4.79 Å². The number of piperidine rings is 1. The minimum Gasteiger partial charge on any atom is -0.484 e. The van der Waals surface area contributed by atoms with Gasteiger partial charge in [0.25, 0.3) is 5.91 Å². The number of likely N-dealkylation sites (tertiary alicyclic amines) is 1. The number of rotatable bonds is 5. The van der Waals surface area contributed by atoms with Crippen LogP contribution in [0.15, 0.2) is 24.3 Å². The molecule has 0 bridgehead atoms. The van der Waals surface area contributed by atoms with E-state index in [9.17, 15) is 4.79 Å². The average molecular weight is 333 g/mol. The molecule has 1 saturated heterocycles. The van der Waals surface area contributed by atoms with Crippen LogP contribution in [0.4, 0.5) is 0 Å².